The summed E-state index contributed by atoms with van der Waals surface area (Å²) in [5, 5.41) is 10.1. The van der Waals surface area contributed by atoms with E-state index in [9.17, 15) is 5.11 Å². The molecule has 1 unspecified atom stereocenters. The van der Waals surface area contributed by atoms with Gasteiger partial charge in [-0.05, 0) is 25.0 Å². The lowest BCUT2D eigenvalue weighted by molar-refractivity contribution is 0.132. The second kappa shape index (κ2) is 6.36. The molecule has 3 N–H and O–H groups in total. The molecule has 0 saturated heterocycles. The summed E-state index contributed by atoms with van der Waals surface area (Å²) in [6.07, 6.45) is 0.734. The predicted octanol–water partition coefficient (Wildman–Crippen LogP) is 3.11. The van der Waals surface area contributed by atoms with Gasteiger partial charge in [-0.15, -0.1) is 0 Å². The number of hydrogen-bond donors (Lipinski definition) is 2. The van der Waals surface area contributed by atoms with Crippen LogP contribution < -0.4 is 5.90 Å². The van der Waals surface area contributed by atoms with Crippen LogP contribution in [0.4, 0.5) is 0 Å². The molecule has 0 aromatic heterocycles. The lowest BCUT2D eigenvalue weighted by Crippen LogP contribution is -2.09. The number of rotatable bonds is 5. The molecule has 1 atom stereocenters. The average molecular weight is 257 g/mol. The van der Waals surface area contributed by atoms with Crippen molar-refractivity contribution < 1.29 is 9.94 Å². The molecule has 3 nitrogen and oxygen atoms in total. The van der Waals surface area contributed by atoms with Crippen molar-refractivity contribution in [1.29, 1.82) is 0 Å². The van der Waals surface area contributed by atoms with E-state index in [1.807, 2.05) is 37.3 Å². The molecule has 0 radical (unpaired) electrons. The second-order valence-electron chi connectivity index (χ2n) is 4.69. The van der Waals surface area contributed by atoms with Gasteiger partial charge in [-0.25, -0.2) is 5.90 Å². The summed E-state index contributed by atoms with van der Waals surface area (Å²) in [6.45, 7) is 2.47. The molecule has 100 valence electrons. The third-order valence-electron chi connectivity index (χ3n) is 3.28. The van der Waals surface area contributed by atoms with E-state index in [4.69, 9.17) is 10.7 Å². The summed E-state index contributed by atoms with van der Waals surface area (Å²) in [4.78, 5) is 4.70. The standard InChI is InChI=1S/C16H19NO2/c1-12-7-8-16(18)15(11-12)14(9-10-19-17)13-5-3-2-4-6-13/h2-8,11,14,18H,9-10,17H2,1H3. The van der Waals surface area contributed by atoms with E-state index in [-0.39, 0.29) is 5.92 Å². The van der Waals surface area contributed by atoms with E-state index in [0.29, 0.717) is 12.4 Å². The van der Waals surface area contributed by atoms with Crippen LogP contribution in [-0.4, -0.2) is 11.7 Å². The minimum atomic E-state index is 0.0876. The maximum Gasteiger partial charge on any atom is 0.119 e. The van der Waals surface area contributed by atoms with Gasteiger partial charge in [0.25, 0.3) is 0 Å². The van der Waals surface area contributed by atoms with Crippen LogP contribution in [0.25, 0.3) is 0 Å². The third kappa shape index (κ3) is 3.34. The molecular weight excluding hydrogens is 238 g/mol. The summed E-state index contributed by atoms with van der Waals surface area (Å²) < 4.78 is 0. The first-order chi connectivity index (χ1) is 9.22. The van der Waals surface area contributed by atoms with E-state index in [0.717, 1.165) is 23.1 Å². The largest absolute Gasteiger partial charge is 0.508 e. The Bertz CT molecular complexity index is 526. The Morgan fingerprint density at radius 3 is 2.58 bits per heavy atom. The summed E-state index contributed by atoms with van der Waals surface area (Å²) >= 11 is 0. The zero-order valence-electron chi connectivity index (χ0n) is 11.0. The Hall–Kier alpha value is -1.84. The van der Waals surface area contributed by atoms with Gasteiger partial charge in [0.15, 0.2) is 0 Å². The van der Waals surface area contributed by atoms with Gasteiger partial charge in [0.05, 0.1) is 6.61 Å². The zero-order chi connectivity index (χ0) is 13.7. The van der Waals surface area contributed by atoms with E-state index < -0.39 is 0 Å². The Labute approximate surface area is 113 Å². The minimum Gasteiger partial charge on any atom is -0.508 e. The average Bonchev–Trinajstić information content (AvgIpc) is 2.44. The Kier molecular flexibility index (Phi) is 4.55. The quantitative estimate of drug-likeness (QED) is 0.809. The van der Waals surface area contributed by atoms with Gasteiger partial charge in [0.1, 0.15) is 5.75 Å². The molecule has 0 aliphatic heterocycles. The smallest absolute Gasteiger partial charge is 0.119 e. The van der Waals surface area contributed by atoms with Gasteiger partial charge in [0.2, 0.25) is 0 Å². The van der Waals surface area contributed by atoms with Gasteiger partial charge in [0, 0.05) is 11.5 Å². The molecular formula is C16H19NO2. The van der Waals surface area contributed by atoms with Crippen LogP contribution in [0.2, 0.25) is 0 Å². The summed E-state index contributed by atoms with van der Waals surface area (Å²) in [7, 11) is 0. The van der Waals surface area contributed by atoms with Crippen LogP contribution in [0.1, 0.15) is 29.0 Å². The molecule has 0 aliphatic rings. The van der Waals surface area contributed by atoms with Crippen molar-refractivity contribution in [1.82, 2.24) is 0 Å². The van der Waals surface area contributed by atoms with Crippen molar-refractivity contribution in [3.8, 4) is 5.75 Å². The number of aryl methyl sites for hydroxylation is 1. The number of phenolic OH excluding ortho intramolecular Hbond substituents is 1. The fourth-order valence-electron chi connectivity index (χ4n) is 2.33. The van der Waals surface area contributed by atoms with Crippen LogP contribution in [-0.2, 0) is 4.84 Å². The first kappa shape index (κ1) is 13.6. The monoisotopic (exact) mass is 257 g/mol. The lowest BCUT2D eigenvalue weighted by atomic mass is 9.87. The van der Waals surface area contributed by atoms with Crippen molar-refractivity contribution in [2.24, 2.45) is 5.90 Å². The molecule has 0 amide bonds. The third-order valence-corrected chi connectivity index (χ3v) is 3.28. The number of benzene rings is 2. The molecule has 0 aliphatic carbocycles. The fourth-order valence-corrected chi connectivity index (χ4v) is 2.33. The highest BCUT2D eigenvalue weighted by molar-refractivity contribution is 5.43. The van der Waals surface area contributed by atoms with Crippen LogP contribution >= 0.6 is 0 Å². The predicted molar refractivity (Wildman–Crippen MR) is 75.9 cm³/mol. The summed E-state index contributed by atoms with van der Waals surface area (Å²) in [5.74, 6) is 5.54. The lowest BCUT2D eigenvalue weighted by Gasteiger charge is -2.19. The highest BCUT2D eigenvalue weighted by atomic mass is 16.6. The topological polar surface area (TPSA) is 55.5 Å². The van der Waals surface area contributed by atoms with Crippen molar-refractivity contribution in [3.63, 3.8) is 0 Å². The molecule has 2 aromatic carbocycles. The number of aromatic hydroxyl groups is 1. The molecule has 2 aromatic rings. The maximum atomic E-state index is 10.1. The number of phenols is 1. The van der Waals surface area contributed by atoms with E-state index >= 15 is 0 Å². The molecule has 0 heterocycles. The Balaban J connectivity index is 2.40. The van der Waals surface area contributed by atoms with E-state index in [1.165, 1.54) is 0 Å². The van der Waals surface area contributed by atoms with Crippen molar-refractivity contribution in [3.05, 3.63) is 65.2 Å². The second-order valence-corrected chi connectivity index (χ2v) is 4.69. The van der Waals surface area contributed by atoms with Gasteiger partial charge < -0.3 is 9.94 Å². The fraction of sp³-hybridized carbons (Fsp3) is 0.250. The maximum absolute atomic E-state index is 10.1. The zero-order valence-corrected chi connectivity index (χ0v) is 11.0. The summed E-state index contributed by atoms with van der Waals surface area (Å²) in [6, 6.07) is 15.8. The van der Waals surface area contributed by atoms with Gasteiger partial charge >= 0.3 is 0 Å². The molecule has 2 rings (SSSR count). The Morgan fingerprint density at radius 1 is 1.16 bits per heavy atom. The van der Waals surface area contributed by atoms with Crippen molar-refractivity contribution >= 4 is 0 Å². The normalized spacial score (nSPS) is 12.3. The molecule has 0 saturated carbocycles. The first-order valence-corrected chi connectivity index (χ1v) is 6.38. The molecule has 0 fully saturated rings. The summed E-state index contributed by atoms with van der Waals surface area (Å²) in [5.41, 5.74) is 3.20. The highest BCUT2D eigenvalue weighted by Crippen LogP contribution is 2.34. The van der Waals surface area contributed by atoms with E-state index in [2.05, 4.69) is 12.1 Å². The molecule has 0 spiro atoms. The minimum absolute atomic E-state index is 0.0876. The molecule has 0 bridgehead atoms. The highest BCUT2D eigenvalue weighted by Gasteiger charge is 2.17. The van der Waals surface area contributed by atoms with Gasteiger partial charge in [-0.3, -0.25) is 0 Å². The molecule has 3 heteroatoms. The van der Waals surface area contributed by atoms with Gasteiger partial charge in [-0.1, -0.05) is 48.0 Å². The van der Waals surface area contributed by atoms with Crippen LogP contribution in [0.3, 0.4) is 0 Å². The van der Waals surface area contributed by atoms with Crippen LogP contribution in [0.5, 0.6) is 5.75 Å². The van der Waals surface area contributed by atoms with Gasteiger partial charge in [-0.2, -0.15) is 0 Å². The first-order valence-electron chi connectivity index (χ1n) is 6.38. The van der Waals surface area contributed by atoms with Crippen molar-refractivity contribution in [2.45, 2.75) is 19.3 Å². The van der Waals surface area contributed by atoms with Crippen LogP contribution in [0, 0.1) is 6.92 Å². The van der Waals surface area contributed by atoms with Crippen LogP contribution in [0.15, 0.2) is 48.5 Å². The SMILES string of the molecule is Cc1ccc(O)c(C(CCON)c2ccccc2)c1. The molecule has 19 heavy (non-hydrogen) atoms. The van der Waals surface area contributed by atoms with Crippen molar-refractivity contribution in [2.75, 3.05) is 6.61 Å². The number of hydrogen-bond acceptors (Lipinski definition) is 3. The number of nitrogens with two attached hydrogens (primary N) is 1. The van der Waals surface area contributed by atoms with E-state index in [1.54, 1.807) is 6.07 Å². The Morgan fingerprint density at radius 2 is 1.89 bits per heavy atom.